The van der Waals surface area contributed by atoms with Crippen LogP contribution in [-0.2, 0) is 4.74 Å². The van der Waals surface area contributed by atoms with Crippen LogP contribution >= 0.6 is 0 Å². The summed E-state index contributed by atoms with van der Waals surface area (Å²) in [6.45, 7) is 3.84. The standard InChI is InChI=1S/C14H22N4O2/c1-17-7-8-20-12-4-6-18(5-3-11(12)17)13-9-14(19-2)16-10-15-13/h9-12H,3-8H2,1-2H3/t11-,12-/m1/s1. The number of hydrogen-bond donors (Lipinski definition) is 0. The lowest BCUT2D eigenvalue weighted by atomic mass is 10.0. The van der Waals surface area contributed by atoms with Crippen LogP contribution in [0.5, 0.6) is 5.88 Å². The first kappa shape index (κ1) is 13.6. The Labute approximate surface area is 119 Å². The molecule has 2 fully saturated rings. The maximum Gasteiger partial charge on any atom is 0.218 e. The van der Waals surface area contributed by atoms with Crippen molar-refractivity contribution in [2.24, 2.45) is 0 Å². The van der Waals surface area contributed by atoms with Crippen LogP contribution in [0.2, 0.25) is 0 Å². The summed E-state index contributed by atoms with van der Waals surface area (Å²) in [4.78, 5) is 13.2. The minimum absolute atomic E-state index is 0.350. The predicted octanol–water partition coefficient (Wildman–Crippen LogP) is 0.785. The van der Waals surface area contributed by atoms with Gasteiger partial charge < -0.3 is 14.4 Å². The second-order valence-corrected chi connectivity index (χ2v) is 5.44. The molecular weight excluding hydrogens is 256 g/mol. The van der Waals surface area contributed by atoms with Crippen LogP contribution in [0.3, 0.4) is 0 Å². The molecule has 0 spiro atoms. The monoisotopic (exact) mass is 278 g/mol. The van der Waals surface area contributed by atoms with E-state index >= 15 is 0 Å². The summed E-state index contributed by atoms with van der Waals surface area (Å²) in [5.41, 5.74) is 0. The van der Waals surface area contributed by atoms with Crippen molar-refractivity contribution in [3.8, 4) is 5.88 Å². The normalized spacial score (nSPS) is 27.8. The van der Waals surface area contributed by atoms with Gasteiger partial charge in [0, 0.05) is 31.7 Å². The van der Waals surface area contributed by atoms with E-state index in [9.17, 15) is 0 Å². The van der Waals surface area contributed by atoms with Crippen molar-refractivity contribution in [2.45, 2.75) is 25.0 Å². The topological polar surface area (TPSA) is 50.7 Å². The van der Waals surface area contributed by atoms with Gasteiger partial charge in [0.2, 0.25) is 5.88 Å². The summed E-state index contributed by atoms with van der Waals surface area (Å²) in [6, 6.07) is 2.43. The number of methoxy groups -OCH3 is 1. The van der Waals surface area contributed by atoms with E-state index in [4.69, 9.17) is 9.47 Å². The predicted molar refractivity (Wildman–Crippen MR) is 76.2 cm³/mol. The Bertz CT molecular complexity index is 457. The van der Waals surface area contributed by atoms with Crippen LogP contribution in [0.1, 0.15) is 12.8 Å². The number of rotatable bonds is 2. The molecule has 2 aliphatic rings. The second kappa shape index (κ2) is 5.93. The number of anilines is 1. The highest BCUT2D eigenvalue weighted by Crippen LogP contribution is 2.25. The molecule has 110 valence electrons. The molecule has 3 heterocycles. The number of nitrogens with zero attached hydrogens (tertiary/aromatic N) is 4. The quantitative estimate of drug-likeness (QED) is 0.797. The summed E-state index contributed by atoms with van der Waals surface area (Å²) < 4.78 is 11.1. The first-order valence-corrected chi connectivity index (χ1v) is 7.21. The maximum absolute atomic E-state index is 5.94. The summed E-state index contributed by atoms with van der Waals surface area (Å²) in [7, 11) is 3.83. The molecule has 3 rings (SSSR count). The number of likely N-dealkylation sites (N-methyl/N-ethyl adjacent to an activating group) is 1. The molecule has 0 aliphatic carbocycles. The molecule has 0 aromatic carbocycles. The Morgan fingerprint density at radius 1 is 1.25 bits per heavy atom. The van der Waals surface area contributed by atoms with Crippen molar-refractivity contribution >= 4 is 5.82 Å². The van der Waals surface area contributed by atoms with Gasteiger partial charge in [-0.3, -0.25) is 4.90 Å². The van der Waals surface area contributed by atoms with Crippen molar-refractivity contribution < 1.29 is 9.47 Å². The van der Waals surface area contributed by atoms with Gasteiger partial charge in [0.05, 0.1) is 19.8 Å². The highest BCUT2D eigenvalue weighted by atomic mass is 16.5. The highest BCUT2D eigenvalue weighted by molar-refractivity contribution is 5.41. The van der Waals surface area contributed by atoms with Crippen LogP contribution in [-0.4, -0.2) is 67.4 Å². The van der Waals surface area contributed by atoms with Gasteiger partial charge in [-0.15, -0.1) is 0 Å². The van der Waals surface area contributed by atoms with Crippen molar-refractivity contribution in [3.63, 3.8) is 0 Å². The van der Waals surface area contributed by atoms with Crippen LogP contribution in [0.4, 0.5) is 5.82 Å². The number of fused-ring (bicyclic) bond motifs is 1. The van der Waals surface area contributed by atoms with Crippen molar-refractivity contribution in [2.75, 3.05) is 45.3 Å². The maximum atomic E-state index is 5.94. The average molecular weight is 278 g/mol. The third-order valence-electron chi connectivity index (χ3n) is 4.31. The van der Waals surface area contributed by atoms with E-state index in [0.29, 0.717) is 18.0 Å². The fourth-order valence-corrected chi connectivity index (χ4v) is 3.12. The lowest BCUT2D eigenvalue weighted by Crippen LogP contribution is -2.49. The van der Waals surface area contributed by atoms with E-state index in [2.05, 4.69) is 26.8 Å². The van der Waals surface area contributed by atoms with Gasteiger partial charge in [0.1, 0.15) is 12.1 Å². The van der Waals surface area contributed by atoms with Gasteiger partial charge in [0.15, 0.2) is 0 Å². The van der Waals surface area contributed by atoms with E-state index in [-0.39, 0.29) is 0 Å². The van der Waals surface area contributed by atoms with E-state index < -0.39 is 0 Å². The molecule has 0 amide bonds. The minimum atomic E-state index is 0.350. The molecule has 0 unspecified atom stereocenters. The summed E-state index contributed by atoms with van der Waals surface area (Å²) >= 11 is 0. The molecule has 2 aliphatic heterocycles. The number of aromatic nitrogens is 2. The molecule has 0 N–H and O–H groups in total. The van der Waals surface area contributed by atoms with Gasteiger partial charge in [-0.25, -0.2) is 9.97 Å². The number of ether oxygens (including phenoxy) is 2. The Balaban J connectivity index is 1.73. The Morgan fingerprint density at radius 2 is 2.10 bits per heavy atom. The smallest absolute Gasteiger partial charge is 0.218 e. The van der Waals surface area contributed by atoms with Crippen LogP contribution in [0.15, 0.2) is 12.4 Å². The Hall–Kier alpha value is -1.40. The van der Waals surface area contributed by atoms with E-state index in [0.717, 1.165) is 44.9 Å². The van der Waals surface area contributed by atoms with Gasteiger partial charge in [-0.2, -0.15) is 0 Å². The highest BCUT2D eigenvalue weighted by Gasteiger charge is 2.33. The molecular formula is C14H22N4O2. The lowest BCUT2D eigenvalue weighted by Gasteiger charge is -2.37. The van der Waals surface area contributed by atoms with Crippen molar-refractivity contribution in [1.82, 2.24) is 14.9 Å². The van der Waals surface area contributed by atoms with E-state index in [1.807, 2.05) is 6.07 Å². The van der Waals surface area contributed by atoms with E-state index in [1.165, 1.54) is 0 Å². The van der Waals surface area contributed by atoms with E-state index in [1.54, 1.807) is 13.4 Å². The molecule has 2 saturated heterocycles. The molecule has 1 aromatic rings. The molecule has 6 nitrogen and oxygen atoms in total. The fourth-order valence-electron chi connectivity index (χ4n) is 3.12. The number of hydrogen-bond acceptors (Lipinski definition) is 6. The molecule has 0 saturated carbocycles. The van der Waals surface area contributed by atoms with Crippen LogP contribution < -0.4 is 9.64 Å². The molecule has 20 heavy (non-hydrogen) atoms. The average Bonchev–Trinajstić information content (AvgIpc) is 2.71. The minimum Gasteiger partial charge on any atom is -0.481 e. The van der Waals surface area contributed by atoms with Gasteiger partial charge in [0.25, 0.3) is 0 Å². The zero-order chi connectivity index (χ0) is 13.9. The van der Waals surface area contributed by atoms with Crippen molar-refractivity contribution in [1.29, 1.82) is 0 Å². The second-order valence-electron chi connectivity index (χ2n) is 5.44. The molecule has 2 atom stereocenters. The van der Waals surface area contributed by atoms with Crippen LogP contribution in [0.25, 0.3) is 0 Å². The van der Waals surface area contributed by atoms with Gasteiger partial charge in [-0.1, -0.05) is 0 Å². The SMILES string of the molecule is COc1cc(N2CC[C@@H]3[C@@H](CC2)OCCN3C)ncn1. The molecule has 6 heteroatoms. The molecule has 0 radical (unpaired) electrons. The van der Waals surface area contributed by atoms with Gasteiger partial charge in [-0.05, 0) is 19.9 Å². The Morgan fingerprint density at radius 3 is 2.95 bits per heavy atom. The molecule has 1 aromatic heterocycles. The van der Waals surface area contributed by atoms with Crippen LogP contribution in [0, 0.1) is 0 Å². The third-order valence-corrected chi connectivity index (χ3v) is 4.31. The lowest BCUT2D eigenvalue weighted by molar-refractivity contribution is -0.0616. The largest absolute Gasteiger partial charge is 0.481 e. The zero-order valence-corrected chi connectivity index (χ0v) is 12.2. The fraction of sp³-hybridized carbons (Fsp3) is 0.714. The summed E-state index contributed by atoms with van der Waals surface area (Å²) in [5.74, 6) is 1.56. The first-order valence-electron chi connectivity index (χ1n) is 7.21. The zero-order valence-electron chi connectivity index (χ0n) is 12.2. The molecule has 0 bridgehead atoms. The first-order chi connectivity index (χ1) is 9.78. The van der Waals surface area contributed by atoms with Gasteiger partial charge >= 0.3 is 0 Å². The number of morpholine rings is 1. The summed E-state index contributed by atoms with van der Waals surface area (Å²) in [6.07, 6.45) is 4.06. The third kappa shape index (κ3) is 2.71. The van der Waals surface area contributed by atoms with Crippen molar-refractivity contribution in [3.05, 3.63) is 12.4 Å². The summed E-state index contributed by atoms with van der Waals surface area (Å²) in [5, 5.41) is 0. The Kier molecular flexibility index (Phi) is 4.03.